The molecule has 0 saturated heterocycles. The van der Waals surface area contributed by atoms with E-state index in [9.17, 15) is 9.59 Å². The van der Waals surface area contributed by atoms with Crippen molar-refractivity contribution >= 4 is 12.0 Å². The van der Waals surface area contributed by atoms with Crippen LogP contribution >= 0.6 is 0 Å². The van der Waals surface area contributed by atoms with Crippen LogP contribution in [0, 0.1) is 17.9 Å². The van der Waals surface area contributed by atoms with E-state index in [2.05, 4.69) is 30.4 Å². The molecular weight excluding hydrogens is 376 g/mol. The Kier molecular flexibility index (Phi) is 8.95. The van der Waals surface area contributed by atoms with Crippen molar-refractivity contribution in [3.05, 3.63) is 97.1 Å². The molecule has 154 valence electrons. The summed E-state index contributed by atoms with van der Waals surface area (Å²) in [6.45, 7) is 7.70. The molecule has 2 aromatic rings. The Hall–Kier alpha value is -3.78. The fraction of sp³-hybridized carbons (Fsp3) is 0.200. The van der Waals surface area contributed by atoms with Gasteiger partial charge in [0.15, 0.2) is 0 Å². The van der Waals surface area contributed by atoms with E-state index in [1.165, 1.54) is 0 Å². The molecule has 0 spiro atoms. The van der Waals surface area contributed by atoms with Crippen molar-refractivity contribution in [2.75, 3.05) is 7.05 Å². The van der Waals surface area contributed by atoms with Gasteiger partial charge in [0.25, 0.3) is 0 Å². The van der Waals surface area contributed by atoms with Gasteiger partial charge in [0.05, 0.1) is 6.04 Å². The zero-order chi connectivity index (χ0) is 21.8. The number of rotatable bonds is 8. The number of ether oxygens (including phenoxy) is 1. The van der Waals surface area contributed by atoms with Crippen molar-refractivity contribution in [2.24, 2.45) is 5.92 Å². The van der Waals surface area contributed by atoms with Crippen molar-refractivity contribution in [1.82, 2.24) is 10.2 Å². The summed E-state index contributed by atoms with van der Waals surface area (Å²) in [6, 6.07) is 21.2. The van der Waals surface area contributed by atoms with Gasteiger partial charge < -0.3 is 9.64 Å². The van der Waals surface area contributed by atoms with E-state index in [1.807, 2.05) is 60.7 Å². The summed E-state index contributed by atoms with van der Waals surface area (Å²) in [4.78, 5) is 26.4. The molecule has 30 heavy (non-hydrogen) atoms. The minimum absolute atomic E-state index is 0.143. The Morgan fingerprint density at radius 2 is 1.73 bits per heavy atom. The van der Waals surface area contributed by atoms with Crippen LogP contribution in [0.4, 0.5) is 4.79 Å². The molecule has 0 aliphatic rings. The molecule has 0 aliphatic heterocycles. The maximum Gasteiger partial charge on any atom is 0.419 e. The van der Waals surface area contributed by atoms with E-state index >= 15 is 0 Å². The summed E-state index contributed by atoms with van der Waals surface area (Å²) in [6.07, 6.45) is 3.03. The van der Waals surface area contributed by atoms with E-state index in [0.29, 0.717) is 6.42 Å². The maximum atomic E-state index is 13.0. The first-order valence-corrected chi connectivity index (χ1v) is 9.59. The molecule has 2 unspecified atom stereocenters. The zero-order valence-corrected chi connectivity index (χ0v) is 17.1. The minimum Gasteiger partial charge on any atom is -0.444 e. The molecule has 5 nitrogen and oxygen atoms in total. The number of hydrogen-bond donors (Lipinski definition) is 1. The van der Waals surface area contributed by atoms with Gasteiger partial charge in [-0.3, -0.25) is 4.79 Å². The Bertz CT molecular complexity index is 914. The summed E-state index contributed by atoms with van der Waals surface area (Å²) < 4.78 is 5.11. The Morgan fingerprint density at radius 3 is 2.33 bits per heavy atom. The lowest BCUT2D eigenvalue weighted by Gasteiger charge is -2.28. The SMILES string of the molecule is C=CCC(C#CNC(=O)OCc1ccccc1)C(=O)N(C)C(C=C)c1ccccc1. The molecular formula is C25H26N2O3. The van der Waals surface area contributed by atoms with E-state index in [4.69, 9.17) is 4.74 Å². The average molecular weight is 402 g/mol. The highest BCUT2D eigenvalue weighted by Crippen LogP contribution is 2.22. The maximum absolute atomic E-state index is 13.0. The van der Waals surface area contributed by atoms with Gasteiger partial charge in [0.2, 0.25) is 5.91 Å². The lowest BCUT2D eigenvalue weighted by molar-refractivity contribution is -0.133. The van der Waals surface area contributed by atoms with E-state index in [1.54, 1.807) is 24.1 Å². The van der Waals surface area contributed by atoms with Crippen molar-refractivity contribution in [3.8, 4) is 12.0 Å². The first-order chi connectivity index (χ1) is 14.6. The summed E-state index contributed by atoms with van der Waals surface area (Å²) in [5.74, 6) is 1.97. The number of likely N-dealkylation sites (N-methyl/N-ethyl adjacent to an activating group) is 1. The minimum atomic E-state index is -0.669. The molecule has 2 aromatic carbocycles. The molecule has 0 radical (unpaired) electrons. The number of amides is 2. The number of nitrogens with zero attached hydrogens (tertiary/aromatic N) is 1. The third-order valence-electron chi connectivity index (χ3n) is 4.45. The number of hydrogen-bond acceptors (Lipinski definition) is 3. The fourth-order valence-corrected chi connectivity index (χ4v) is 2.87. The highest BCUT2D eigenvalue weighted by Gasteiger charge is 2.24. The van der Waals surface area contributed by atoms with Crippen LogP contribution in [0.15, 0.2) is 86.0 Å². The number of benzene rings is 2. The second kappa shape index (κ2) is 11.9. The average Bonchev–Trinajstić information content (AvgIpc) is 2.78. The highest BCUT2D eigenvalue weighted by molar-refractivity contribution is 5.82. The lowest BCUT2D eigenvalue weighted by Crippen LogP contribution is -2.35. The Morgan fingerprint density at radius 1 is 1.10 bits per heavy atom. The first-order valence-electron chi connectivity index (χ1n) is 9.59. The van der Waals surface area contributed by atoms with Gasteiger partial charge in [-0.2, -0.15) is 0 Å². The number of nitrogens with one attached hydrogen (secondary N) is 1. The molecule has 2 amide bonds. The zero-order valence-electron chi connectivity index (χ0n) is 17.1. The standard InChI is InChI=1S/C25H26N2O3/c1-4-12-22(17-18-26-25(29)30-19-20-13-8-6-9-14-20)24(28)27(3)23(5-2)21-15-10-7-11-16-21/h4-11,13-16,22-23H,1-2,12,19H2,3H3,(H,26,29). The molecule has 5 heteroatoms. The molecule has 0 aliphatic carbocycles. The van der Waals surface area contributed by atoms with Crippen LogP contribution in [0.25, 0.3) is 0 Å². The van der Waals surface area contributed by atoms with Gasteiger partial charge in [-0.05, 0) is 17.5 Å². The van der Waals surface area contributed by atoms with Crippen LogP contribution in [-0.2, 0) is 16.1 Å². The van der Waals surface area contributed by atoms with Gasteiger partial charge in [0, 0.05) is 13.1 Å². The second-order valence-corrected chi connectivity index (χ2v) is 6.57. The van der Waals surface area contributed by atoms with Crippen molar-refractivity contribution < 1.29 is 14.3 Å². The predicted molar refractivity (Wildman–Crippen MR) is 118 cm³/mol. The van der Waals surface area contributed by atoms with Crippen molar-refractivity contribution in [1.29, 1.82) is 0 Å². The molecule has 0 bridgehead atoms. The van der Waals surface area contributed by atoms with E-state index < -0.39 is 12.0 Å². The molecule has 0 fully saturated rings. The number of alkyl carbamates (subject to hydrolysis) is 1. The molecule has 0 saturated carbocycles. The summed E-state index contributed by atoms with van der Waals surface area (Å²) in [5.41, 5.74) is 1.83. The molecule has 0 aromatic heterocycles. The number of carbonyl (C=O) groups is 2. The van der Waals surface area contributed by atoms with Gasteiger partial charge in [-0.15, -0.1) is 13.2 Å². The Labute approximate surface area is 178 Å². The topological polar surface area (TPSA) is 58.6 Å². The lowest BCUT2D eigenvalue weighted by atomic mass is 10.0. The van der Waals surface area contributed by atoms with Gasteiger partial charge >= 0.3 is 6.09 Å². The van der Waals surface area contributed by atoms with Crippen molar-refractivity contribution in [2.45, 2.75) is 19.1 Å². The molecule has 2 atom stereocenters. The summed E-state index contributed by atoms with van der Waals surface area (Å²) >= 11 is 0. The highest BCUT2D eigenvalue weighted by atomic mass is 16.5. The third-order valence-corrected chi connectivity index (χ3v) is 4.45. The first kappa shape index (κ1) is 22.5. The normalized spacial score (nSPS) is 11.8. The monoisotopic (exact) mass is 402 g/mol. The van der Waals surface area contributed by atoms with Crippen LogP contribution < -0.4 is 5.32 Å². The van der Waals surface area contributed by atoms with Crippen LogP contribution in [-0.4, -0.2) is 23.9 Å². The van der Waals surface area contributed by atoms with Gasteiger partial charge in [-0.1, -0.05) is 78.7 Å². The summed E-state index contributed by atoms with van der Waals surface area (Å²) in [5, 5.41) is 2.36. The fourth-order valence-electron chi connectivity index (χ4n) is 2.87. The summed E-state index contributed by atoms with van der Waals surface area (Å²) in [7, 11) is 1.71. The molecule has 2 rings (SSSR count). The quantitative estimate of drug-likeness (QED) is 0.403. The van der Waals surface area contributed by atoms with Crippen LogP contribution in [0.1, 0.15) is 23.6 Å². The van der Waals surface area contributed by atoms with Crippen LogP contribution in [0.5, 0.6) is 0 Å². The second-order valence-electron chi connectivity index (χ2n) is 6.57. The number of allylic oxidation sites excluding steroid dienone is 1. The third kappa shape index (κ3) is 6.68. The van der Waals surface area contributed by atoms with Crippen LogP contribution in [0.3, 0.4) is 0 Å². The van der Waals surface area contributed by atoms with Gasteiger partial charge in [0.1, 0.15) is 12.5 Å². The number of carbonyl (C=O) groups excluding carboxylic acids is 2. The van der Waals surface area contributed by atoms with Gasteiger partial charge in [-0.25, -0.2) is 10.1 Å². The smallest absolute Gasteiger partial charge is 0.419 e. The van der Waals surface area contributed by atoms with E-state index in [0.717, 1.165) is 11.1 Å². The molecule has 0 heterocycles. The largest absolute Gasteiger partial charge is 0.444 e. The predicted octanol–water partition coefficient (Wildman–Crippen LogP) is 4.45. The van der Waals surface area contributed by atoms with Crippen molar-refractivity contribution in [3.63, 3.8) is 0 Å². The Balaban J connectivity index is 1.99. The van der Waals surface area contributed by atoms with E-state index in [-0.39, 0.29) is 18.6 Å². The molecule has 1 N–H and O–H groups in total. The van der Waals surface area contributed by atoms with Crippen LogP contribution in [0.2, 0.25) is 0 Å².